The molecule has 1 aromatic rings. The number of hydrogen-bond acceptors (Lipinski definition) is 4. The largest absolute Gasteiger partial charge is 0.463 e. The number of nitrogens with zero attached hydrogens (tertiary/aromatic N) is 2. The minimum Gasteiger partial charge on any atom is -0.463 e. The lowest BCUT2D eigenvalue weighted by Gasteiger charge is -2.02. The molecule has 2 N–H and O–H groups in total. The topological polar surface area (TPSA) is 60.5 Å². The van der Waals surface area contributed by atoms with Gasteiger partial charge in [-0.25, -0.2) is 4.99 Å². The molecule has 0 radical (unpaired) electrons. The summed E-state index contributed by atoms with van der Waals surface area (Å²) in [5, 5.41) is 0. The molecule has 0 amide bonds. The monoisotopic (exact) mass is 163 g/mol. The summed E-state index contributed by atoms with van der Waals surface area (Å²) in [4.78, 5) is 8.08. The lowest BCUT2D eigenvalue weighted by molar-refractivity contribution is 0.315. The van der Waals surface area contributed by atoms with Gasteiger partial charge < -0.3 is 10.5 Å². The molecule has 1 atom stereocenters. The molecular formula is C8H9N3O. The molecule has 1 aliphatic heterocycles. The van der Waals surface area contributed by atoms with Gasteiger partial charge in [0, 0.05) is 12.4 Å². The summed E-state index contributed by atoms with van der Waals surface area (Å²) in [5.41, 5.74) is 6.41. The number of nitrogens with two attached hydrogens (primary N) is 1. The highest BCUT2D eigenvalue weighted by molar-refractivity contribution is 5.73. The fraction of sp³-hybridized carbons (Fsp3) is 0.250. The molecule has 0 saturated carbocycles. The fourth-order valence-electron chi connectivity index (χ4n) is 1.14. The van der Waals surface area contributed by atoms with Crippen molar-refractivity contribution in [1.82, 2.24) is 4.98 Å². The first kappa shape index (κ1) is 7.09. The SMILES string of the molecule is NC1=N[C@@H](c2cccnc2)CO1. The smallest absolute Gasteiger partial charge is 0.282 e. The van der Waals surface area contributed by atoms with Crippen molar-refractivity contribution in [2.75, 3.05) is 6.61 Å². The highest BCUT2D eigenvalue weighted by Gasteiger charge is 2.18. The number of rotatable bonds is 1. The molecule has 0 fully saturated rings. The van der Waals surface area contributed by atoms with E-state index in [1.807, 2.05) is 12.1 Å². The van der Waals surface area contributed by atoms with Crippen molar-refractivity contribution in [2.24, 2.45) is 10.7 Å². The molecule has 0 unspecified atom stereocenters. The van der Waals surface area contributed by atoms with Crippen LogP contribution in [-0.2, 0) is 4.74 Å². The first-order chi connectivity index (χ1) is 5.86. The zero-order valence-corrected chi connectivity index (χ0v) is 6.47. The molecule has 0 aromatic carbocycles. The molecule has 4 heteroatoms. The molecule has 2 heterocycles. The normalized spacial score (nSPS) is 21.7. The number of amidine groups is 1. The second-order valence-corrected chi connectivity index (χ2v) is 2.58. The zero-order chi connectivity index (χ0) is 8.39. The van der Waals surface area contributed by atoms with Gasteiger partial charge in [-0.3, -0.25) is 4.98 Å². The molecule has 0 saturated heterocycles. The Labute approximate surface area is 70.1 Å². The number of aromatic nitrogens is 1. The number of hydrogen-bond donors (Lipinski definition) is 1. The third-order valence-electron chi connectivity index (χ3n) is 1.74. The third-order valence-corrected chi connectivity index (χ3v) is 1.74. The lowest BCUT2D eigenvalue weighted by atomic mass is 10.1. The summed E-state index contributed by atoms with van der Waals surface area (Å²) in [6.07, 6.45) is 3.50. The maximum Gasteiger partial charge on any atom is 0.282 e. The summed E-state index contributed by atoms with van der Waals surface area (Å²) in [6, 6.07) is 4.13. The Balaban J connectivity index is 2.22. The van der Waals surface area contributed by atoms with Crippen molar-refractivity contribution < 1.29 is 4.74 Å². The maximum atomic E-state index is 5.37. The Hall–Kier alpha value is -1.58. The van der Waals surface area contributed by atoms with Crippen LogP contribution in [0.2, 0.25) is 0 Å². The average Bonchev–Trinajstić information content (AvgIpc) is 2.54. The van der Waals surface area contributed by atoms with E-state index in [0.29, 0.717) is 6.61 Å². The van der Waals surface area contributed by atoms with Crippen molar-refractivity contribution in [1.29, 1.82) is 0 Å². The van der Waals surface area contributed by atoms with E-state index in [0.717, 1.165) is 5.56 Å². The van der Waals surface area contributed by atoms with Gasteiger partial charge in [-0.1, -0.05) is 6.07 Å². The fourth-order valence-corrected chi connectivity index (χ4v) is 1.14. The van der Waals surface area contributed by atoms with Crippen molar-refractivity contribution in [3.05, 3.63) is 30.1 Å². The predicted octanol–water partition coefficient (Wildman–Crippen LogP) is 0.468. The molecule has 0 bridgehead atoms. The number of pyridine rings is 1. The van der Waals surface area contributed by atoms with Gasteiger partial charge in [0.25, 0.3) is 6.02 Å². The van der Waals surface area contributed by atoms with Crippen LogP contribution >= 0.6 is 0 Å². The van der Waals surface area contributed by atoms with Crippen LogP contribution < -0.4 is 5.73 Å². The summed E-state index contributed by atoms with van der Waals surface area (Å²) in [6.45, 7) is 0.525. The average molecular weight is 163 g/mol. The Morgan fingerprint density at radius 3 is 3.08 bits per heavy atom. The quantitative estimate of drug-likeness (QED) is 0.654. The van der Waals surface area contributed by atoms with Crippen LogP contribution in [0.4, 0.5) is 0 Å². The van der Waals surface area contributed by atoms with E-state index < -0.39 is 0 Å². The molecular weight excluding hydrogens is 154 g/mol. The Bertz CT molecular complexity index is 296. The van der Waals surface area contributed by atoms with Crippen molar-refractivity contribution in [2.45, 2.75) is 6.04 Å². The van der Waals surface area contributed by atoms with Crippen LogP contribution in [-0.4, -0.2) is 17.6 Å². The van der Waals surface area contributed by atoms with Gasteiger partial charge in [0.1, 0.15) is 12.6 Å². The molecule has 62 valence electrons. The minimum atomic E-state index is 0.0266. The van der Waals surface area contributed by atoms with Crippen molar-refractivity contribution in [3.8, 4) is 0 Å². The zero-order valence-electron chi connectivity index (χ0n) is 6.47. The van der Waals surface area contributed by atoms with Gasteiger partial charge in [0.2, 0.25) is 0 Å². The minimum absolute atomic E-state index is 0.0266. The lowest BCUT2D eigenvalue weighted by Crippen LogP contribution is -2.10. The summed E-state index contributed by atoms with van der Waals surface area (Å²) in [5.74, 6) is 0. The standard InChI is InChI=1S/C8H9N3O/c9-8-11-7(5-12-8)6-2-1-3-10-4-6/h1-4,7H,5H2,(H2,9,11)/t7-/m1/s1. The molecule has 2 rings (SSSR count). The predicted molar refractivity (Wildman–Crippen MR) is 44.6 cm³/mol. The van der Waals surface area contributed by atoms with Gasteiger partial charge >= 0.3 is 0 Å². The Morgan fingerprint density at radius 1 is 1.58 bits per heavy atom. The van der Waals surface area contributed by atoms with Gasteiger partial charge in [-0.2, -0.15) is 0 Å². The van der Waals surface area contributed by atoms with E-state index in [2.05, 4.69) is 9.98 Å². The number of ether oxygens (including phenoxy) is 1. The van der Waals surface area contributed by atoms with Crippen LogP contribution in [0.25, 0.3) is 0 Å². The van der Waals surface area contributed by atoms with Gasteiger partial charge in [0.05, 0.1) is 0 Å². The van der Waals surface area contributed by atoms with Crippen LogP contribution in [0, 0.1) is 0 Å². The van der Waals surface area contributed by atoms with Crippen molar-refractivity contribution in [3.63, 3.8) is 0 Å². The van der Waals surface area contributed by atoms with E-state index in [1.54, 1.807) is 12.4 Å². The van der Waals surface area contributed by atoms with Crippen LogP contribution in [0.1, 0.15) is 11.6 Å². The first-order valence-electron chi connectivity index (χ1n) is 3.72. The van der Waals surface area contributed by atoms with Crippen molar-refractivity contribution >= 4 is 6.02 Å². The molecule has 1 aromatic heterocycles. The highest BCUT2D eigenvalue weighted by Crippen LogP contribution is 2.20. The van der Waals surface area contributed by atoms with Crippen LogP contribution in [0.3, 0.4) is 0 Å². The van der Waals surface area contributed by atoms with Crippen LogP contribution in [0.5, 0.6) is 0 Å². The summed E-state index contributed by atoms with van der Waals surface area (Å²) >= 11 is 0. The number of aliphatic imine (C=N–C) groups is 1. The second-order valence-electron chi connectivity index (χ2n) is 2.58. The van der Waals surface area contributed by atoms with Gasteiger partial charge in [-0.15, -0.1) is 0 Å². The molecule has 1 aliphatic rings. The summed E-state index contributed by atoms with van der Waals surface area (Å²) < 4.78 is 5.02. The van der Waals surface area contributed by atoms with E-state index in [4.69, 9.17) is 10.5 Å². The molecule has 4 nitrogen and oxygen atoms in total. The highest BCUT2D eigenvalue weighted by atomic mass is 16.5. The molecule has 12 heavy (non-hydrogen) atoms. The summed E-state index contributed by atoms with van der Waals surface area (Å²) in [7, 11) is 0. The molecule has 0 aliphatic carbocycles. The van der Waals surface area contributed by atoms with E-state index in [9.17, 15) is 0 Å². The van der Waals surface area contributed by atoms with Gasteiger partial charge in [0.15, 0.2) is 0 Å². The third kappa shape index (κ3) is 1.23. The Morgan fingerprint density at radius 2 is 2.50 bits per heavy atom. The van der Waals surface area contributed by atoms with E-state index >= 15 is 0 Å². The van der Waals surface area contributed by atoms with Crippen LogP contribution in [0.15, 0.2) is 29.5 Å². The Kier molecular flexibility index (Phi) is 1.66. The maximum absolute atomic E-state index is 5.37. The van der Waals surface area contributed by atoms with E-state index in [1.165, 1.54) is 0 Å². The first-order valence-corrected chi connectivity index (χ1v) is 3.72. The second kappa shape index (κ2) is 2.81. The van der Waals surface area contributed by atoms with E-state index in [-0.39, 0.29) is 12.1 Å². The molecule has 0 spiro atoms. The van der Waals surface area contributed by atoms with Gasteiger partial charge in [-0.05, 0) is 11.6 Å².